The zero-order valence-electron chi connectivity index (χ0n) is 28.6. The van der Waals surface area contributed by atoms with Gasteiger partial charge in [0.2, 0.25) is 10.0 Å². The molecule has 0 aliphatic carbocycles. The minimum absolute atomic E-state index is 0.00401. The Hall–Kier alpha value is -3.84. The van der Waals surface area contributed by atoms with Crippen molar-refractivity contribution in [3.8, 4) is 5.75 Å². The molecule has 1 atom stereocenters. The number of phenolic OH excluding ortho intramolecular Hbond substituents is 1. The average molecular weight is 696 g/mol. The number of urea groups is 1. The molecule has 49 heavy (non-hydrogen) atoms. The molecule has 0 spiro atoms. The van der Waals surface area contributed by atoms with Crippen LogP contribution in [0.1, 0.15) is 55.2 Å². The number of aryl methyl sites for hydroxylation is 1. The van der Waals surface area contributed by atoms with Crippen LogP contribution in [-0.2, 0) is 32.4 Å². The van der Waals surface area contributed by atoms with E-state index in [1.165, 1.54) is 6.26 Å². The Morgan fingerprint density at radius 2 is 1.53 bits per heavy atom. The highest BCUT2D eigenvalue weighted by Gasteiger charge is 2.37. The number of nitrogens with zero attached hydrogens (tertiary/aromatic N) is 4. The van der Waals surface area contributed by atoms with Crippen LogP contribution in [0.4, 0.5) is 15.3 Å². The fraction of sp³-hybridized carbons (Fsp3) is 0.583. The molecule has 2 aromatic rings. The van der Waals surface area contributed by atoms with Gasteiger partial charge in [0.05, 0.1) is 6.26 Å². The summed E-state index contributed by atoms with van der Waals surface area (Å²) in [5.74, 6) is 0.800. The van der Waals surface area contributed by atoms with Crippen LogP contribution >= 0.6 is 0 Å². The largest absolute Gasteiger partial charge is 0.508 e. The first kappa shape index (κ1) is 35.0. The number of phenols is 1. The van der Waals surface area contributed by atoms with Crippen LogP contribution in [0.25, 0.3) is 0 Å². The second-order valence-electron chi connectivity index (χ2n) is 14.1. The normalized spacial score (nSPS) is 21.1. The third-order valence-corrected chi connectivity index (χ3v) is 12.3. The van der Waals surface area contributed by atoms with Gasteiger partial charge in [0.1, 0.15) is 5.75 Å². The number of para-hydroxylation sites is 1. The van der Waals surface area contributed by atoms with E-state index in [0.29, 0.717) is 76.1 Å². The molecule has 266 valence electrons. The molecular weight excluding hydrogens is 646 g/mol. The lowest BCUT2D eigenvalue weighted by atomic mass is 9.79. The van der Waals surface area contributed by atoms with Crippen molar-refractivity contribution in [2.75, 3.05) is 57.4 Å². The van der Waals surface area contributed by atoms with Gasteiger partial charge in [-0.25, -0.2) is 22.3 Å². The van der Waals surface area contributed by atoms with Crippen LogP contribution in [0, 0.1) is 18.8 Å². The summed E-state index contributed by atoms with van der Waals surface area (Å²) in [6, 6.07) is 12.9. The van der Waals surface area contributed by atoms with Crippen molar-refractivity contribution >= 4 is 33.7 Å². The number of aromatic hydroxyl groups is 1. The number of benzene rings is 2. The second kappa shape index (κ2) is 15.0. The van der Waals surface area contributed by atoms with Gasteiger partial charge < -0.3 is 29.9 Å². The van der Waals surface area contributed by atoms with E-state index in [2.05, 4.69) is 5.32 Å². The fourth-order valence-corrected chi connectivity index (χ4v) is 8.88. The maximum Gasteiger partial charge on any atom is 0.410 e. The molecule has 0 radical (unpaired) electrons. The summed E-state index contributed by atoms with van der Waals surface area (Å²) in [5, 5.41) is 13.1. The molecule has 0 bridgehead atoms. The Balaban J connectivity index is 1.06. The van der Waals surface area contributed by atoms with Gasteiger partial charge in [-0.05, 0) is 92.5 Å². The summed E-state index contributed by atoms with van der Waals surface area (Å²) in [6.45, 7) is 5.45. The van der Waals surface area contributed by atoms with Crippen LogP contribution in [0.2, 0.25) is 0 Å². The molecule has 0 aromatic heterocycles. The summed E-state index contributed by atoms with van der Waals surface area (Å²) in [4.78, 5) is 45.9. The van der Waals surface area contributed by atoms with Crippen molar-refractivity contribution < 1.29 is 32.6 Å². The number of carbonyl (C=O) groups is 3. The Labute approximate surface area is 289 Å². The van der Waals surface area contributed by atoms with Gasteiger partial charge in [-0.1, -0.05) is 30.3 Å². The van der Waals surface area contributed by atoms with E-state index in [1.54, 1.807) is 33.2 Å². The number of likely N-dealkylation sites (tertiary alicyclic amines) is 2. The minimum Gasteiger partial charge on any atom is -0.508 e. The molecule has 13 heteroatoms. The standard InChI is InChI=1S/C36H49N5O7S/c1-25-23-26(7-8-32(25)42)24-33(34(43)38-16-9-27(10-17-38)28-11-20-40(21-12-28)49(2,46)47)48-36(45)39-18-14-30(15-19-39)41-22-13-29-5-3-4-6-31(29)37-35(41)44/h3-8,23,27-28,30,33,42H,9-22,24H2,1-2H3,(H,37,44)/t33-/m1/s1. The number of fused-ring (bicyclic) bond motifs is 1. The van der Waals surface area contributed by atoms with Crippen LogP contribution in [0.3, 0.4) is 0 Å². The molecule has 3 fully saturated rings. The number of piperidine rings is 3. The van der Waals surface area contributed by atoms with E-state index >= 15 is 0 Å². The van der Waals surface area contributed by atoms with Crippen molar-refractivity contribution in [3.05, 3.63) is 59.2 Å². The number of hydrogen-bond acceptors (Lipinski definition) is 7. The molecule has 2 N–H and O–H groups in total. The lowest BCUT2D eigenvalue weighted by molar-refractivity contribution is -0.142. The van der Waals surface area contributed by atoms with Gasteiger partial charge in [-0.3, -0.25) is 4.79 Å². The van der Waals surface area contributed by atoms with Crippen LogP contribution in [-0.4, -0.2) is 115 Å². The first-order valence-corrected chi connectivity index (χ1v) is 19.4. The minimum atomic E-state index is -3.18. The molecule has 6 rings (SSSR count). The highest BCUT2D eigenvalue weighted by molar-refractivity contribution is 7.88. The van der Waals surface area contributed by atoms with E-state index in [4.69, 9.17) is 4.74 Å². The van der Waals surface area contributed by atoms with Crippen molar-refractivity contribution in [2.24, 2.45) is 11.8 Å². The van der Waals surface area contributed by atoms with E-state index in [0.717, 1.165) is 48.9 Å². The molecule has 0 unspecified atom stereocenters. The topological polar surface area (TPSA) is 140 Å². The number of rotatable bonds is 7. The molecule has 4 heterocycles. The monoisotopic (exact) mass is 695 g/mol. The predicted octanol–water partition coefficient (Wildman–Crippen LogP) is 4.21. The van der Waals surface area contributed by atoms with Crippen molar-refractivity contribution in [2.45, 2.75) is 70.4 Å². The van der Waals surface area contributed by atoms with E-state index in [-0.39, 0.29) is 30.2 Å². The van der Waals surface area contributed by atoms with Gasteiger partial charge in [-0.15, -0.1) is 0 Å². The Morgan fingerprint density at radius 3 is 2.18 bits per heavy atom. The van der Waals surface area contributed by atoms with Gasteiger partial charge in [0.15, 0.2) is 6.10 Å². The number of carbonyl (C=O) groups excluding carboxylic acids is 3. The Kier molecular flexibility index (Phi) is 10.7. The number of nitrogens with one attached hydrogen (secondary N) is 1. The summed E-state index contributed by atoms with van der Waals surface area (Å²) < 4.78 is 31.5. The molecule has 4 aliphatic heterocycles. The smallest absolute Gasteiger partial charge is 0.410 e. The van der Waals surface area contributed by atoms with Crippen molar-refractivity contribution in [1.29, 1.82) is 0 Å². The van der Waals surface area contributed by atoms with Crippen LogP contribution in [0.15, 0.2) is 42.5 Å². The van der Waals surface area contributed by atoms with Crippen molar-refractivity contribution in [1.82, 2.24) is 19.0 Å². The summed E-state index contributed by atoms with van der Waals surface area (Å²) in [6.07, 6.45) is 5.23. The highest BCUT2D eigenvalue weighted by atomic mass is 32.2. The van der Waals surface area contributed by atoms with Crippen LogP contribution < -0.4 is 5.32 Å². The number of ether oxygens (including phenoxy) is 1. The highest BCUT2D eigenvalue weighted by Crippen LogP contribution is 2.34. The zero-order valence-corrected chi connectivity index (χ0v) is 29.4. The summed E-state index contributed by atoms with van der Waals surface area (Å²) in [7, 11) is -3.18. The molecule has 4 aliphatic rings. The quantitative estimate of drug-likeness (QED) is 0.443. The fourth-order valence-electron chi connectivity index (χ4n) is 8.01. The lowest BCUT2D eigenvalue weighted by Crippen LogP contribution is -2.52. The first-order chi connectivity index (χ1) is 23.5. The van der Waals surface area contributed by atoms with E-state index in [1.807, 2.05) is 35.2 Å². The lowest BCUT2D eigenvalue weighted by Gasteiger charge is -2.40. The van der Waals surface area contributed by atoms with E-state index in [9.17, 15) is 27.9 Å². The van der Waals surface area contributed by atoms with Gasteiger partial charge in [0, 0.05) is 64.0 Å². The number of anilines is 1. The van der Waals surface area contributed by atoms with Crippen LogP contribution in [0.5, 0.6) is 5.75 Å². The molecule has 3 saturated heterocycles. The molecule has 4 amide bonds. The Morgan fingerprint density at radius 1 is 0.898 bits per heavy atom. The Bertz CT molecular complexity index is 1630. The van der Waals surface area contributed by atoms with Gasteiger partial charge >= 0.3 is 12.1 Å². The van der Waals surface area contributed by atoms with E-state index < -0.39 is 22.2 Å². The number of amides is 4. The SMILES string of the molecule is Cc1cc(C[C@@H](OC(=O)N2CCC(N3CCc4ccccc4NC3=O)CC2)C(=O)N2CCC(C3CCN(S(C)(=O)=O)CC3)CC2)ccc1O. The molecule has 12 nitrogen and oxygen atoms in total. The maximum absolute atomic E-state index is 14.0. The average Bonchev–Trinajstić information content (AvgIpc) is 3.27. The maximum atomic E-state index is 14.0. The predicted molar refractivity (Wildman–Crippen MR) is 186 cm³/mol. The summed E-state index contributed by atoms with van der Waals surface area (Å²) in [5.41, 5.74) is 3.43. The third kappa shape index (κ3) is 8.31. The summed E-state index contributed by atoms with van der Waals surface area (Å²) >= 11 is 0. The third-order valence-electron chi connectivity index (χ3n) is 11.0. The molecule has 2 aromatic carbocycles. The zero-order chi connectivity index (χ0) is 34.7. The second-order valence-corrected chi connectivity index (χ2v) is 16.1. The van der Waals surface area contributed by atoms with Crippen molar-refractivity contribution in [3.63, 3.8) is 0 Å². The van der Waals surface area contributed by atoms with Gasteiger partial charge in [0.25, 0.3) is 5.91 Å². The number of hydrogen-bond donors (Lipinski definition) is 2. The molecular formula is C36H49N5O7S. The molecule has 0 saturated carbocycles. The first-order valence-electron chi connectivity index (χ1n) is 17.6. The number of sulfonamides is 1. The van der Waals surface area contributed by atoms with Gasteiger partial charge in [-0.2, -0.15) is 0 Å².